The van der Waals surface area contributed by atoms with Crippen molar-refractivity contribution in [3.63, 3.8) is 0 Å². The van der Waals surface area contributed by atoms with Crippen LogP contribution in [0.15, 0.2) is 28.9 Å². The van der Waals surface area contributed by atoms with Crippen LogP contribution in [0.25, 0.3) is 10.8 Å². The molecule has 1 heterocycles. The van der Waals surface area contributed by atoms with Gasteiger partial charge in [-0.05, 0) is 28.9 Å². The van der Waals surface area contributed by atoms with Crippen molar-refractivity contribution in [3.8, 4) is 0 Å². The average molecular weight is 237 g/mol. The van der Waals surface area contributed by atoms with Gasteiger partial charge in [-0.15, -0.1) is 0 Å². The van der Waals surface area contributed by atoms with Gasteiger partial charge in [0.25, 0.3) is 0 Å². The molecule has 66 valence electrons. The van der Waals surface area contributed by atoms with Gasteiger partial charge >= 0.3 is 0 Å². The molecule has 0 fully saturated rings. The number of nitrogens with two attached hydrogens (primary N) is 1. The number of rotatable bonds is 0. The molecule has 0 unspecified atom stereocenters. The van der Waals surface area contributed by atoms with E-state index in [4.69, 9.17) is 5.73 Å². The van der Waals surface area contributed by atoms with Crippen LogP contribution < -0.4 is 5.73 Å². The quantitative estimate of drug-likeness (QED) is 0.765. The van der Waals surface area contributed by atoms with Crippen molar-refractivity contribution in [2.24, 2.45) is 0 Å². The van der Waals surface area contributed by atoms with Crippen LogP contribution in [0.1, 0.15) is 5.56 Å². The number of benzene rings is 1. The number of halogens is 1. The van der Waals surface area contributed by atoms with Crippen molar-refractivity contribution in [3.05, 3.63) is 34.4 Å². The molecular formula is C10H9BrN2. The zero-order valence-corrected chi connectivity index (χ0v) is 8.80. The summed E-state index contributed by atoms with van der Waals surface area (Å²) in [6.45, 7) is 2.04. The first kappa shape index (κ1) is 8.51. The molecule has 2 N–H and O–H groups in total. The van der Waals surface area contributed by atoms with E-state index >= 15 is 0 Å². The number of aryl methyl sites for hydroxylation is 1. The molecule has 0 saturated carbocycles. The Morgan fingerprint density at radius 1 is 1.31 bits per heavy atom. The van der Waals surface area contributed by atoms with E-state index in [1.807, 2.05) is 19.1 Å². The molecule has 2 rings (SSSR count). The van der Waals surface area contributed by atoms with Gasteiger partial charge in [0.1, 0.15) is 5.82 Å². The lowest BCUT2D eigenvalue weighted by atomic mass is 10.1. The molecule has 0 radical (unpaired) electrons. The summed E-state index contributed by atoms with van der Waals surface area (Å²) in [5.41, 5.74) is 6.96. The maximum Gasteiger partial charge on any atom is 0.131 e. The van der Waals surface area contributed by atoms with Crippen LogP contribution in [0.4, 0.5) is 5.82 Å². The van der Waals surface area contributed by atoms with Crippen LogP contribution >= 0.6 is 15.9 Å². The Hall–Kier alpha value is -1.09. The first-order chi connectivity index (χ1) is 6.18. The molecule has 0 aliphatic heterocycles. The van der Waals surface area contributed by atoms with Gasteiger partial charge in [0.15, 0.2) is 0 Å². The molecule has 0 bridgehead atoms. The molecule has 0 saturated heterocycles. The van der Waals surface area contributed by atoms with E-state index in [0.29, 0.717) is 5.82 Å². The van der Waals surface area contributed by atoms with Gasteiger partial charge in [-0.1, -0.05) is 17.7 Å². The standard InChI is InChI=1S/C10H9BrN2/c1-6-2-3-7-8(4-6)10(12)13-5-9(7)11/h2-5H,1H3,(H2,12,13). The summed E-state index contributed by atoms with van der Waals surface area (Å²) in [5, 5.41) is 2.12. The predicted molar refractivity (Wildman–Crippen MR) is 58.6 cm³/mol. The summed E-state index contributed by atoms with van der Waals surface area (Å²) in [7, 11) is 0. The zero-order valence-electron chi connectivity index (χ0n) is 7.21. The maximum absolute atomic E-state index is 5.76. The Morgan fingerprint density at radius 3 is 2.85 bits per heavy atom. The van der Waals surface area contributed by atoms with Crippen LogP contribution in [-0.4, -0.2) is 4.98 Å². The van der Waals surface area contributed by atoms with Crippen molar-refractivity contribution in [1.82, 2.24) is 4.98 Å². The minimum Gasteiger partial charge on any atom is -0.383 e. The van der Waals surface area contributed by atoms with Crippen LogP contribution in [0.2, 0.25) is 0 Å². The minimum absolute atomic E-state index is 0.585. The number of hydrogen-bond acceptors (Lipinski definition) is 2. The monoisotopic (exact) mass is 236 g/mol. The Balaban J connectivity index is 2.92. The lowest BCUT2D eigenvalue weighted by molar-refractivity contribution is 1.35. The Kier molecular flexibility index (Phi) is 1.96. The predicted octanol–water partition coefficient (Wildman–Crippen LogP) is 2.89. The number of anilines is 1. The fourth-order valence-electron chi connectivity index (χ4n) is 1.34. The molecule has 0 amide bonds. The first-order valence-electron chi connectivity index (χ1n) is 3.99. The van der Waals surface area contributed by atoms with Gasteiger partial charge in [0.2, 0.25) is 0 Å². The average Bonchev–Trinajstić information content (AvgIpc) is 2.12. The van der Waals surface area contributed by atoms with Crippen molar-refractivity contribution < 1.29 is 0 Å². The van der Waals surface area contributed by atoms with E-state index in [2.05, 4.69) is 27.0 Å². The van der Waals surface area contributed by atoms with Crippen molar-refractivity contribution in [2.45, 2.75) is 6.92 Å². The summed E-state index contributed by atoms with van der Waals surface area (Å²) in [5.74, 6) is 0.585. The molecule has 13 heavy (non-hydrogen) atoms. The highest BCUT2D eigenvalue weighted by Crippen LogP contribution is 2.27. The molecule has 2 aromatic rings. The van der Waals surface area contributed by atoms with Crippen molar-refractivity contribution >= 4 is 32.5 Å². The molecule has 3 heteroatoms. The van der Waals surface area contributed by atoms with Crippen LogP contribution in [0, 0.1) is 6.92 Å². The molecular weight excluding hydrogens is 228 g/mol. The Morgan fingerprint density at radius 2 is 2.08 bits per heavy atom. The van der Waals surface area contributed by atoms with E-state index in [-0.39, 0.29) is 0 Å². The molecule has 0 aliphatic carbocycles. The van der Waals surface area contributed by atoms with Gasteiger partial charge in [0, 0.05) is 21.4 Å². The summed E-state index contributed by atoms with van der Waals surface area (Å²) in [6, 6.07) is 6.15. The lowest BCUT2D eigenvalue weighted by Gasteiger charge is -2.03. The largest absolute Gasteiger partial charge is 0.383 e. The fraction of sp³-hybridized carbons (Fsp3) is 0.100. The topological polar surface area (TPSA) is 38.9 Å². The fourth-order valence-corrected chi connectivity index (χ4v) is 1.79. The second kappa shape index (κ2) is 3.00. The van der Waals surface area contributed by atoms with Crippen LogP contribution in [-0.2, 0) is 0 Å². The number of pyridine rings is 1. The Bertz CT molecular complexity index is 466. The van der Waals surface area contributed by atoms with Gasteiger partial charge < -0.3 is 5.73 Å². The first-order valence-corrected chi connectivity index (χ1v) is 4.78. The molecule has 0 atom stereocenters. The van der Waals surface area contributed by atoms with Gasteiger partial charge in [-0.25, -0.2) is 4.98 Å². The maximum atomic E-state index is 5.76. The SMILES string of the molecule is Cc1ccc2c(Br)cnc(N)c2c1. The third kappa shape index (κ3) is 1.40. The van der Waals surface area contributed by atoms with Gasteiger partial charge in [-0.3, -0.25) is 0 Å². The number of aromatic nitrogens is 1. The highest BCUT2D eigenvalue weighted by molar-refractivity contribution is 9.10. The van der Waals surface area contributed by atoms with Crippen molar-refractivity contribution in [2.75, 3.05) is 5.73 Å². The number of fused-ring (bicyclic) bond motifs is 1. The third-order valence-corrected chi connectivity index (χ3v) is 2.66. The van der Waals surface area contributed by atoms with E-state index < -0.39 is 0 Å². The zero-order chi connectivity index (χ0) is 9.42. The lowest BCUT2D eigenvalue weighted by Crippen LogP contribution is -1.91. The second-order valence-electron chi connectivity index (χ2n) is 3.04. The summed E-state index contributed by atoms with van der Waals surface area (Å²) in [6.07, 6.45) is 1.73. The Labute approximate surface area is 84.9 Å². The normalized spacial score (nSPS) is 10.6. The molecule has 2 nitrogen and oxygen atoms in total. The van der Waals surface area contributed by atoms with Gasteiger partial charge in [-0.2, -0.15) is 0 Å². The highest BCUT2D eigenvalue weighted by Gasteiger charge is 2.02. The minimum atomic E-state index is 0.585. The van der Waals surface area contributed by atoms with Crippen molar-refractivity contribution in [1.29, 1.82) is 0 Å². The smallest absolute Gasteiger partial charge is 0.131 e. The van der Waals surface area contributed by atoms with E-state index in [0.717, 1.165) is 15.2 Å². The van der Waals surface area contributed by atoms with Crippen LogP contribution in [0.5, 0.6) is 0 Å². The van der Waals surface area contributed by atoms with E-state index in [9.17, 15) is 0 Å². The van der Waals surface area contributed by atoms with Crippen LogP contribution in [0.3, 0.4) is 0 Å². The second-order valence-corrected chi connectivity index (χ2v) is 3.89. The number of nitrogen functional groups attached to an aromatic ring is 1. The van der Waals surface area contributed by atoms with E-state index in [1.54, 1.807) is 6.20 Å². The molecule has 1 aromatic heterocycles. The van der Waals surface area contributed by atoms with Gasteiger partial charge in [0.05, 0.1) is 0 Å². The number of hydrogen-bond donors (Lipinski definition) is 1. The van der Waals surface area contributed by atoms with E-state index in [1.165, 1.54) is 5.56 Å². The third-order valence-electron chi connectivity index (χ3n) is 2.03. The molecule has 1 aromatic carbocycles. The molecule has 0 aliphatic rings. The number of nitrogens with zero attached hydrogens (tertiary/aromatic N) is 1. The highest BCUT2D eigenvalue weighted by atomic mass is 79.9. The summed E-state index contributed by atoms with van der Waals surface area (Å²) in [4.78, 5) is 4.08. The summed E-state index contributed by atoms with van der Waals surface area (Å²) < 4.78 is 0.983. The molecule has 0 spiro atoms. The summed E-state index contributed by atoms with van der Waals surface area (Å²) >= 11 is 3.44.